The number of hydrogen-bond donors (Lipinski definition) is 8. The zero-order chi connectivity index (χ0) is 21.0. The van der Waals surface area contributed by atoms with Crippen molar-refractivity contribution in [3.8, 4) is 0 Å². The third-order valence-corrected chi connectivity index (χ3v) is 3.28. The highest BCUT2D eigenvalue weighted by Crippen LogP contribution is 2.00. The summed E-state index contributed by atoms with van der Waals surface area (Å²) in [6.07, 6.45) is 0.472. The molecule has 13 heteroatoms. The summed E-state index contributed by atoms with van der Waals surface area (Å²) in [4.78, 5) is 50.2. The number of amides is 3. The zero-order valence-corrected chi connectivity index (χ0v) is 15.0. The minimum Gasteiger partial charge on any atom is -0.480 e. The molecule has 0 saturated heterocycles. The quantitative estimate of drug-likeness (QED) is 0.0911. The Kier molecular flexibility index (Phi) is 11.1. The molecular formula is C14H27N7O6. The maximum atomic E-state index is 12.4. The van der Waals surface area contributed by atoms with Gasteiger partial charge in [0.15, 0.2) is 5.96 Å². The van der Waals surface area contributed by atoms with E-state index in [0.29, 0.717) is 6.42 Å². The molecule has 0 aliphatic carbocycles. The molecule has 3 atom stereocenters. The van der Waals surface area contributed by atoms with Crippen LogP contribution in [0.15, 0.2) is 4.99 Å². The molecule has 27 heavy (non-hydrogen) atoms. The number of hydrogen-bond acceptors (Lipinski definition) is 7. The second kappa shape index (κ2) is 12.4. The van der Waals surface area contributed by atoms with Crippen molar-refractivity contribution in [1.82, 2.24) is 16.0 Å². The number of nitrogens with zero attached hydrogens (tertiary/aromatic N) is 1. The maximum absolute atomic E-state index is 12.4. The monoisotopic (exact) mass is 389 g/mol. The van der Waals surface area contributed by atoms with E-state index in [1.807, 2.05) is 0 Å². The van der Waals surface area contributed by atoms with Crippen molar-refractivity contribution in [2.75, 3.05) is 19.7 Å². The predicted molar refractivity (Wildman–Crippen MR) is 95.2 cm³/mol. The van der Waals surface area contributed by atoms with Gasteiger partial charge in [0.05, 0.1) is 6.61 Å². The molecule has 0 bridgehead atoms. The largest absolute Gasteiger partial charge is 0.480 e. The second-order valence-electron chi connectivity index (χ2n) is 5.64. The lowest BCUT2D eigenvalue weighted by Crippen LogP contribution is -2.55. The fourth-order valence-corrected chi connectivity index (χ4v) is 1.83. The van der Waals surface area contributed by atoms with Gasteiger partial charge in [-0.15, -0.1) is 0 Å². The van der Waals surface area contributed by atoms with Crippen LogP contribution < -0.4 is 33.2 Å². The number of carbonyl (C=O) groups is 4. The van der Waals surface area contributed by atoms with Crippen molar-refractivity contribution in [1.29, 1.82) is 0 Å². The topological polar surface area (TPSA) is 235 Å². The average molecular weight is 389 g/mol. The van der Waals surface area contributed by atoms with Crippen LogP contribution in [0.5, 0.6) is 0 Å². The SMILES string of the molecule is CC(NC(=O)C(CCCN=C(N)N)NC(=O)C(N)CO)C(=O)NCC(=O)O. The number of nitrogens with two attached hydrogens (primary N) is 3. The van der Waals surface area contributed by atoms with Gasteiger partial charge in [0.2, 0.25) is 17.7 Å². The Labute approximate surface area is 155 Å². The number of aliphatic carboxylic acids is 1. The normalized spacial score (nSPS) is 13.6. The Balaban J connectivity index is 4.87. The number of carbonyl (C=O) groups excluding carboxylic acids is 3. The molecule has 0 radical (unpaired) electrons. The van der Waals surface area contributed by atoms with E-state index >= 15 is 0 Å². The molecule has 0 aromatic carbocycles. The van der Waals surface area contributed by atoms with E-state index in [0.717, 1.165) is 0 Å². The standard InChI is InChI=1S/C14H27N7O6/c1-7(11(25)19-5-10(23)24)20-13(27)9(3-2-4-18-14(16)17)21-12(26)8(15)6-22/h7-9,22H,2-6,15H2,1H3,(H,19,25)(H,20,27)(H,21,26)(H,23,24)(H4,16,17,18). The summed E-state index contributed by atoms with van der Waals surface area (Å²) in [7, 11) is 0. The van der Waals surface area contributed by atoms with Crippen molar-refractivity contribution < 1.29 is 29.4 Å². The Bertz CT molecular complexity index is 564. The van der Waals surface area contributed by atoms with Gasteiger partial charge >= 0.3 is 5.97 Å². The molecular weight excluding hydrogens is 362 g/mol. The molecule has 11 N–H and O–H groups in total. The predicted octanol–water partition coefficient (Wildman–Crippen LogP) is -4.45. The summed E-state index contributed by atoms with van der Waals surface area (Å²) in [5.74, 6) is -3.49. The molecule has 3 amide bonds. The highest BCUT2D eigenvalue weighted by atomic mass is 16.4. The highest BCUT2D eigenvalue weighted by molar-refractivity contribution is 5.93. The molecule has 0 fully saturated rings. The van der Waals surface area contributed by atoms with Crippen LogP contribution in [0.1, 0.15) is 19.8 Å². The van der Waals surface area contributed by atoms with Gasteiger partial charge in [-0.3, -0.25) is 24.2 Å². The molecule has 13 nitrogen and oxygen atoms in total. The fourth-order valence-electron chi connectivity index (χ4n) is 1.83. The minimum absolute atomic E-state index is 0.119. The van der Waals surface area contributed by atoms with Crippen LogP contribution in [0.4, 0.5) is 0 Å². The highest BCUT2D eigenvalue weighted by Gasteiger charge is 2.26. The smallest absolute Gasteiger partial charge is 0.322 e. The molecule has 0 rings (SSSR count). The third-order valence-electron chi connectivity index (χ3n) is 3.28. The lowest BCUT2D eigenvalue weighted by molar-refractivity contribution is -0.138. The van der Waals surface area contributed by atoms with Gasteiger partial charge in [0.25, 0.3) is 0 Å². The third kappa shape index (κ3) is 10.6. The number of aliphatic imine (C=N–C) groups is 1. The summed E-state index contributed by atoms with van der Waals surface area (Å²) in [6.45, 7) is 0.362. The number of nitrogens with one attached hydrogen (secondary N) is 3. The molecule has 3 unspecified atom stereocenters. The van der Waals surface area contributed by atoms with Gasteiger partial charge in [-0.25, -0.2) is 0 Å². The van der Waals surface area contributed by atoms with E-state index in [-0.39, 0.29) is 18.9 Å². The number of aliphatic hydroxyl groups excluding tert-OH is 1. The Morgan fingerprint density at radius 3 is 2.22 bits per heavy atom. The van der Waals surface area contributed by atoms with Crippen LogP contribution in [0.2, 0.25) is 0 Å². The second-order valence-corrected chi connectivity index (χ2v) is 5.64. The number of carboxylic acids is 1. The Morgan fingerprint density at radius 1 is 1.07 bits per heavy atom. The van der Waals surface area contributed by atoms with E-state index in [1.165, 1.54) is 6.92 Å². The molecule has 154 valence electrons. The van der Waals surface area contributed by atoms with E-state index in [2.05, 4.69) is 20.9 Å². The minimum atomic E-state index is -1.23. The first kappa shape index (κ1) is 24.1. The molecule has 0 saturated carbocycles. The summed E-state index contributed by atoms with van der Waals surface area (Å²) < 4.78 is 0. The van der Waals surface area contributed by atoms with Crippen molar-refractivity contribution >= 4 is 29.7 Å². The molecule has 0 aliphatic rings. The summed E-state index contributed by atoms with van der Waals surface area (Å²) >= 11 is 0. The molecule has 0 spiro atoms. The fraction of sp³-hybridized carbons (Fsp3) is 0.643. The van der Waals surface area contributed by atoms with Gasteiger partial charge in [0.1, 0.15) is 24.7 Å². The van der Waals surface area contributed by atoms with Crippen molar-refractivity contribution in [2.45, 2.75) is 37.9 Å². The summed E-state index contributed by atoms with van der Waals surface area (Å²) in [6, 6.07) is -3.31. The average Bonchev–Trinajstić information content (AvgIpc) is 2.60. The van der Waals surface area contributed by atoms with Crippen LogP contribution in [0.25, 0.3) is 0 Å². The van der Waals surface area contributed by atoms with E-state index in [9.17, 15) is 19.2 Å². The summed E-state index contributed by atoms with van der Waals surface area (Å²) in [5.41, 5.74) is 15.8. The lowest BCUT2D eigenvalue weighted by atomic mass is 10.1. The van der Waals surface area contributed by atoms with E-state index in [4.69, 9.17) is 27.4 Å². The van der Waals surface area contributed by atoms with E-state index < -0.39 is 55.0 Å². The van der Waals surface area contributed by atoms with Gasteiger partial charge in [-0.2, -0.15) is 0 Å². The first-order chi connectivity index (χ1) is 12.6. The van der Waals surface area contributed by atoms with Crippen molar-refractivity contribution in [3.63, 3.8) is 0 Å². The van der Waals surface area contributed by atoms with Crippen LogP contribution in [-0.4, -0.2) is 77.7 Å². The van der Waals surface area contributed by atoms with Crippen LogP contribution in [0.3, 0.4) is 0 Å². The first-order valence-corrected chi connectivity index (χ1v) is 8.10. The maximum Gasteiger partial charge on any atom is 0.322 e. The van der Waals surface area contributed by atoms with Crippen LogP contribution in [0, 0.1) is 0 Å². The van der Waals surface area contributed by atoms with Gasteiger partial charge in [-0.1, -0.05) is 0 Å². The Morgan fingerprint density at radius 2 is 1.70 bits per heavy atom. The molecule has 0 heterocycles. The Hall–Kier alpha value is -2.93. The van der Waals surface area contributed by atoms with Crippen molar-refractivity contribution in [2.24, 2.45) is 22.2 Å². The van der Waals surface area contributed by atoms with E-state index in [1.54, 1.807) is 0 Å². The zero-order valence-electron chi connectivity index (χ0n) is 15.0. The summed E-state index contributed by atoms with van der Waals surface area (Å²) in [5, 5.41) is 24.3. The number of guanidine groups is 1. The van der Waals surface area contributed by atoms with Crippen molar-refractivity contribution in [3.05, 3.63) is 0 Å². The van der Waals surface area contributed by atoms with Crippen LogP contribution in [-0.2, 0) is 19.2 Å². The van der Waals surface area contributed by atoms with Crippen LogP contribution >= 0.6 is 0 Å². The molecule has 0 aliphatic heterocycles. The first-order valence-electron chi connectivity index (χ1n) is 8.10. The lowest BCUT2D eigenvalue weighted by Gasteiger charge is -2.22. The number of carboxylic acid groups (broad SMARTS) is 1. The molecule has 0 aromatic heterocycles. The van der Waals surface area contributed by atoms with Gasteiger partial charge in [-0.05, 0) is 19.8 Å². The number of aliphatic hydroxyl groups is 1. The molecule has 0 aromatic rings. The number of rotatable bonds is 12. The van der Waals surface area contributed by atoms with Gasteiger partial charge < -0.3 is 43.4 Å². The van der Waals surface area contributed by atoms with Gasteiger partial charge in [0, 0.05) is 6.54 Å².